The number of benzene rings is 4. The van der Waals surface area contributed by atoms with E-state index in [1.807, 2.05) is 18.2 Å². The summed E-state index contributed by atoms with van der Waals surface area (Å²) in [6, 6.07) is 33.8. The molecule has 2 heteroatoms. The second kappa shape index (κ2) is 5.78. The molecule has 0 atom stereocenters. The van der Waals surface area contributed by atoms with E-state index in [9.17, 15) is 0 Å². The van der Waals surface area contributed by atoms with Crippen LogP contribution >= 0.6 is 0 Å². The van der Waals surface area contributed by atoms with Crippen LogP contribution in [-0.2, 0) is 0 Å². The molecular formula is C24H18N2. The number of aromatic nitrogens is 1. The lowest BCUT2D eigenvalue weighted by molar-refractivity contribution is 1.18. The van der Waals surface area contributed by atoms with Gasteiger partial charge < -0.3 is 10.3 Å². The van der Waals surface area contributed by atoms with Gasteiger partial charge in [-0.3, -0.25) is 0 Å². The van der Waals surface area contributed by atoms with E-state index in [2.05, 4.69) is 83.4 Å². The summed E-state index contributed by atoms with van der Waals surface area (Å²) < 4.78 is 2.33. The number of anilines is 1. The lowest BCUT2D eigenvalue weighted by atomic mass is 10.0. The van der Waals surface area contributed by atoms with Crippen LogP contribution in [0.4, 0.5) is 5.69 Å². The minimum absolute atomic E-state index is 0.782. The van der Waals surface area contributed by atoms with Crippen LogP contribution in [0.1, 0.15) is 0 Å². The van der Waals surface area contributed by atoms with Crippen molar-refractivity contribution >= 4 is 27.5 Å². The molecule has 1 heterocycles. The molecule has 5 aromatic rings. The highest BCUT2D eigenvalue weighted by Gasteiger charge is 2.11. The Morgan fingerprint density at radius 3 is 1.77 bits per heavy atom. The van der Waals surface area contributed by atoms with Crippen molar-refractivity contribution in [2.75, 3.05) is 5.73 Å². The zero-order valence-electron chi connectivity index (χ0n) is 14.3. The number of nitrogen functional groups attached to an aromatic ring is 1. The van der Waals surface area contributed by atoms with Gasteiger partial charge in [0.2, 0.25) is 0 Å². The lowest BCUT2D eigenvalue weighted by Crippen LogP contribution is -1.94. The fourth-order valence-corrected chi connectivity index (χ4v) is 3.74. The van der Waals surface area contributed by atoms with Crippen LogP contribution < -0.4 is 5.73 Å². The summed E-state index contributed by atoms with van der Waals surface area (Å²) in [4.78, 5) is 0. The van der Waals surface area contributed by atoms with Crippen LogP contribution in [-0.4, -0.2) is 4.57 Å². The first kappa shape index (κ1) is 14.8. The van der Waals surface area contributed by atoms with Gasteiger partial charge in [0.1, 0.15) is 0 Å². The molecule has 0 fully saturated rings. The number of nitrogens with two attached hydrogens (primary N) is 1. The average molecular weight is 334 g/mol. The summed E-state index contributed by atoms with van der Waals surface area (Å²) in [5.74, 6) is 0. The van der Waals surface area contributed by atoms with Gasteiger partial charge in [0.15, 0.2) is 0 Å². The van der Waals surface area contributed by atoms with Gasteiger partial charge in [-0.2, -0.15) is 0 Å². The van der Waals surface area contributed by atoms with Gasteiger partial charge in [0.05, 0.1) is 11.0 Å². The van der Waals surface area contributed by atoms with Crippen molar-refractivity contribution in [3.63, 3.8) is 0 Å². The maximum atomic E-state index is 5.97. The molecular weight excluding hydrogens is 316 g/mol. The van der Waals surface area contributed by atoms with Crippen molar-refractivity contribution < 1.29 is 0 Å². The highest BCUT2D eigenvalue weighted by atomic mass is 15.0. The summed E-state index contributed by atoms with van der Waals surface area (Å²) in [7, 11) is 0. The molecule has 1 aromatic heterocycles. The number of hydrogen-bond acceptors (Lipinski definition) is 1. The Labute approximate surface area is 152 Å². The number of rotatable bonds is 2. The quantitative estimate of drug-likeness (QED) is 0.392. The largest absolute Gasteiger partial charge is 0.399 e. The summed E-state index contributed by atoms with van der Waals surface area (Å²) in [5.41, 5.74) is 12.6. The molecule has 124 valence electrons. The summed E-state index contributed by atoms with van der Waals surface area (Å²) >= 11 is 0. The van der Waals surface area contributed by atoms with E-state index in [1.54, 1.807) is 0 Å². The van der Waals surface area contributed by atoms with E-state index in [0.717, 1.165) is 22.5 Å². The zero-order chi connectivity index (χ0) is 17.5. The first-order chi connectivity index (χ1) is 12.8. The lowest BCUT2D eigenvalue weighted by Gasteiger charge is -2.10. The number of nitrogens with zero attached hydrogens (tertiary/aromatic N) is 1. The third-order valence-electron chi connectivity index (χ3n) is 4.90. The van der Waals surface area contributed by atoms with Gasteiger partial charge in [-0.25, -0.2) is 0 Å². The predicted octanol–water partition coefficient (Wildman–Crippen LogP) is 6.03. The first-order valence-electron chi connectivity index (χ1n) is 8.76. The molecule has 26 heavy (non-hydrogen) atoms. The fraction of sp³-hybridized carbons (Fsp3) is 0. The van der Waals surface area contributed by atoms with Gasteiger partial charge in [0.25, 0.3) is 0 Å². The Balaban J connectivity index is 1.79. The topological polar surface area (TPSA) is 30.9 Å². The van der Waals surface area contributed by atoms with E-state index < -0.39 is 0 Å². The van der Waals surface area contributed by atoms with Gasteiger partial charge in [0, 0.05) is 22.1 Å². The van der Waals surface area contributed by atoms with Gasteiger partial charge in [-0.15, -0.1) is 0 Å². The normalized spacial score (nSPS) is 11.2. The predicted molar refractivity (Wildman–Crippen MR) is 111 cm³/mol. The molecule has 0 radical (unpaired) electrons. The third-order valence-corrected chi connectivity index (χ3v) is 4.90. The van der Waals surface area contributed by atoms with Crippen molar-refractivity contribution in [3.8, 4) is 16.8 Å². The number of fused-ring (bicyclic) bond motifs is 3. The Hall–Kier alpha value is -3.52. The van der Waals surface area contributed by atoms with Crippen molar-refractivity contribution in [2.24, 2.45) is 0 Å². The molecule has 2 nitrogen and oxygen atoms in total. The monoisotopic (exact) mass is 334 g/mol. The molecule has 0 unspecified atom stereocenters. The summed E-state index contributed by atoms with van der Waals surface area (Å²) in [6.45, 7) is 0. The molecule has 0 spiro atoms. The molecule has 5 rings (SSSR count). The molecule has 0 bridgehead atoms. The van der Waals surface area contributed by atoms with Crippen LogP contribution in [0.2, 0.25) is 0 Å². The van der Waals surface area contributed by atoms with E-state index in [4.69, 9.17) is 5.73 Å². The molecule has 4 aromatic carbocycles. The van der Waals surface area contributed by atoms with E-state index in [-0.39, 0.29) is 0 Å². The van der Waals surface area contributed by atoms with Gasteiger partial charge >= 0.3 is 0 Å². The van der Waals surface area contributed by atoms with E-state index in [1.165, 1.54) is 21.8 Å². The van der Waals surface area contributed by atoms with Crippen molar-refractivity contribution in [1.29, 1.82) is 0 Å². The van der Waals surface area contributed by atoms with Crippen molar-refractivity contribution in [3.05, 3.63) is 97.1 Å². The van der Waals surface area contributed by atoms with Crippen LogP contribution in [0.3, 0.4) is 0 Å². The highest BCUT2D eigenvalue weighted by molar-refractivity contribution is 6.09. The maximum absolute atomic E-state index is 5.97. The second-order valence-electron chi connectivity index (χ2n) is 6.55. The number of hydrogen-bond donors (Lipinski definition) is 1. The third kappa shape index (κ3) is 2.27. The highest BCUT2D eigenvalue weighted by Crippen LogP contribution is 2.33. The van der Waals surface area contributed by atoms with Crippen molar-refractivity contribution in [1.82, 2.24) is 4.57 Å². The smallest absolute Gasteiger partial charge is 0.0541 e. The minimum Gasteiger partial charge on any atom is -0.399 e. The average Bonchev–Trinajstić information content (AvgIpc) is 3.03. The second-order valence-corrected chi connectivity index (χ2v) is 6.55. The van der Waals surface area contributed by atoms with Crippen LogP contribution in [0.15, 0.2) is 97.1 Å². The SMILES string of the molecule is Nc1cccc(-c2cccc(-n3c4ccccc4c4ccccc43)c2)c1. The fourth-order valence-electron chi connectivity index (χ4n) is 3.74. The van der Waals surface area contributed by atoms with Crippen LogP contribution in [0.25, 0.3) is 38.6 Å². The zero-order valence-corrected chi connectivity index (χ0v) is 14.3. The summed E-state index contributed by atoms with van der Waals surface area (Å²) in [5, 5.41) is 2.55. The Morgan fingerprint density at radius 1 is 0.538 bits per heavy atom. The number of para-hydroxylation sites is 2. The summed E-state index contributed by atoms with van der Waals surface area (Å²) in [6.07, 6.45) is 0. The van der Waals surface area contributed by atoms with E-state index in [0.29, 0.717) is 0 Å². The van der Waals surface area contributed by atoms with Gasteiger partial charge in [-0.05, 0) is 47.5 Å². The molecule has 0 saturated carbocycles. The molecule has 0 aliphatic rings. The Morgan fingerprint density at radius 2 is 1.12 bits per heavy atom. The minimum atomic E-state index is 0.782. The Bertz CT molecular complexity index is 1190. The molecule has 0 aliphatic heterocycles. The Kier molecular flexibility index (Phi) is 3.29. The molecule has 0 saturated heterocycles. The standard InChI is InChI=1S/C24H18N2/c25-19-9-5-7-17(15-19)18-8-6-10-20(16-18)26-23-13-3-1-11-21(23)22-12-2-4-14-24(22)26/h1-16H,25H2. The van der Waals surface area contributed by atoms with Crippen LogP contribution in [0.5, 0.6) is 0 Å². The van der Waals surface area contributed by atoms with Crippen molar-refractivity contribution in [2.45, 2.75) is 0 Å². The maximum Gasteiger partial charge on any atom is 0.0541 e. The van der Waals surface area contributed by atoms with Gasteiger partial charge in [-0.1, -0.05) is 60.7 Å². The molecule has 0 amide bonds. The molecule has 2 N–H and O–H groups in total. The first-order valence-corrected chi connectivity index (χ1v) is 8.76. The molecule has 0 aliphatic carbocycles. The van der Waals surface area contributed by atoms with Crippen LogP contribution in [0, 0.1) is 0 Å². The van der Waals surface area contributed by atoms with E-state index >= 15 is 0 Å².